The van der Waals surface area contributed by atoms with E-state index in [4.69, 9.17) is 3.83 Å². The molecule has 31 valence electrons. The van der Waals surface area contributed by atoms with Crippen molar-refractivity contribution >= 4 is 40.4 Å². The van der Waals surface area contributed by atoms with Gasteiger partial charge in [0.05, 0.1) is 0 Å². The summed E-state index contributed by atoms with van der Waals surface area (Å²) in [6.07, 6.45) is 0. The van der Waals surface area contributed by atoms with Gasteiger partial charge in [-0.25, -0.2) is 0 Å². The third-order valence-corrected chi connectivity index (χ3v) is 0. The average Bonchev–Trinajstić information content (AvgIpc) is 1.00. The van der Waals surface area contributed by atoms with Crippen molar-refractivity contribution in [3.05, 3.63) is 0 Å². The summed E-state index contributed by atoms with van der Waals surface area (Å²) in [5, 5.41) is 0. The molecule has 0 aliphatic heterocycles. The minimum atomic E-state index is 0. The van der Waals surface area contributed by atoms with E-state index in [9.17, 15) is 0 Å². The Labute approximate surface area is 76.4 Å². The van der Waals surface area contributed by atoms with Crippen LogP contribution in [-0.4, -0.2) is 40.4 Å². The molecular formula is H5AlFeMgMnO. The predicted molar refractivity (Wildman–Crippen MR) is 19.2 cm³/mol. The van der Waals surface area contributed by atoms with E-state index in [-0.39, 0.29) is 57.5 Å². The molecule has 0 aromatic rings. The zero-order valence-electron chi connectivity index (χ0n) is 1.14. The molecule has 5 heavy (non-hydrogen) atoms. The van der Waals surface area contributed by atoms with Gasteiger partial charge in [0.15, 0.2) is 17.4 Å². The van der Waals surface area contributed by atoms with E-state index in [1.165, 1.54) is 0 Å². The van der Waals surface area contributed by atoms with Crippen LogP contribution in [0.3, 0.4) is 0 Å². The van der Waals surface area contributed by atoms with Crippen molar-refractivity contribution < 1.29 is 36.8 Å². The molecule has 0 aliphatic rings. The second kappa shape index (κ2) is 35.5. The number of rotatable bonds is 0. The molecule has 1 nitrogen and oxygen atoms in total. The number of hydrogen-bond acceptors (Lipinski definition) is 1. The molecular weight excluding hydrogens is 178 g/mol. The van der Waals surface area contributed by atoms with Crippen LogP contribution in [0.2, 0.25) is 0 Å². The van der Waals surface area contributed by atoms with Gasteiger partial charge in [0.2, 0.25) is 0 Å². The van der Waals surface area contributed by atoms with Gasteiger partial charge in [0, 0.05) is 17.1 Å². The third kappa shape index (κ3) is 23.0. The average molecular weight is 183 g/mol. The van der Waals surface area contributed by atoms with Crippen LogP contribution >= 0.6 is 0 Å². The molecule has 0 saturated heterocycles. The summed E-state index contributed by atoms with van der Waals surface area (Å²) in [4.78, 5) is 0. The summed E-state index contributed by atoms with van der Waals surface area (Å²) in [7, 11) is 0. The third-order valence-electron chi connectivity index (χ3n) is 0. The molecule has 0 amide bonds. The van der Waals surface area contributed by atoms with Crippen LogP contribution in [0.25, 0.3) is 0 Å². The Morgan fingerprint density at radius 3 is 1.20 bits per heavy atom. The normalized spacial score (nSPS) is 1.00. The van der Waals surface area contributed by atoms with Crippen molar-refractivity contribution in [1.29, 1.82) is 0 Å². The van der Waals surface area contributed by atoms with Crippen LogP contribution < -0.4 is 0 Å². The summed E-state index contributed by atoms with van der Waals surface area (Å²) in [6, 6.07) is 0. The van der Waals surface area contributed by atoms with Crippen molar-refractivity contribution in [2.24, 2.45) is 0 Å². The monoisotopic (exact) mass is 183 g/mol. The summed E-state index contributed by atoms with van der Waals surface area (Å²) in [5.74, 6) is 0. The Morgan fingerprint density at radius 1 is 1.20 bits per heavy atom. The molecule has 0 N–H and O–H groups in total. The van der Waals surface area contributed by atoms with Gasteiger partial charge in [-0.1, -0.05) is 0 Å². The number of hydrogen-bond donors (Lipinski definition) is 0. The van der Waals surface area contributed by atoms with Crippen molar-refractivity contribution in [2.45, 2.75) is 0 Å². The SMILES string of the molecule is [AlH3].[MgH2].[Mn].[O]=[Fe]. The molecule has 0 aliphatic carbocycles. The molecule has 0 bridgehead atoms. The fourth-order valence-electron chi connectivity index (χ4n) is 0. The minimum absolute atomic E-state index is 0. The fourth-order valence-corrected chi connectivity index (χ4v) is 0. The zero-order valence-corrected chi connectivity index (χ0v) is 3.42. The summed E-state index contributed by atoms with van der Waals surface area (Å²) < 4.78 is 8.00. The topological polar surface area (TPSA) is 17.1 Å². The van der Waals surface area contributed by atoms with Crippen LogP contribution in [0.4, 0.5) is 0 Å². The molecule has 0 unspecified atom stereocenters. The van der Waals surface area contributed by atoms with Crippen LogP contribution in [0, 0.1) is 0 Å². The second-order valence-corrected chi connectivity index (χ2v) is 0. The molecule has 0 spiro atoms. The molecule has 5 heteroatoms. The molecule has 0 fully saturated rings. The van der Waals surface area contributed by atoms with Gasteiger partial charge in [0.1, 0.15) is 0 Å². The predicted octanol–water partition coefficient (Wildman–Crippen LogP) is -2.22. The van der Waals surface area contributed by atoms with Crippen molar-refractivity contribution in [3.63, 3.8) is 0 Å². The first-order chi connectivity index (χ1) is 1.00. The summed E-state index contributed by atoms with van der Waals surface area (Å²) in [6.45, 7) is 0. The van der Waals surface area contributed by atoms with Crippen molar-refractivity contribution in [3.8, 4) is 0 Å². The molecule has 0 saturated carbocycles. The van der Waals surface area contributed by atoms with Gasteiger partial charge >= 0.3 is 42.8 Å². The molecule has 0 aromatic heterocycles. The van der Waals surface area contributed by atoms with E-state index < -0.39 is 0 Å². The van der Waals surface area contributed by atoms with Crippen molar-refractivity contribution in [2.75, 3.05) is 0 Å². The standard InChI is InChI=1S/Al.Fe.Mg.Mn.O.5H. The Balaban J connectivity index is -0.00000000167. The molecule has 1 radical (unpaired) electrons. The van der Waals surface area contributed by atoms with Crippen LogP contribution in [0.1, 0.15) is 0 Å². The first-order valence-corrected chi connectivity index (χ1v) is 0.595. The van der Waals surface area contributed by atoms with E-state index >= 15 is 0 Å². The van der Waals surface area contributed by atoms with Gasteiger partial charge in [-0.15, -0.1) is 0 Å². The Morgan fingerprint density at radius 2 is 1.20 bits per heavy atom. The molecule has 0 aromatic carbocycles. The van der Waals surface area contributed by atoms with Crippen LogP contribution in [-0.2, 0) is 36.8 Å². The molecule has 0 heterocycles. The first-order valence-electron chi connectivity index (χ1n) is 0.144. The Hall–Kier alpha value is 2.14. The maximum atomic E-state index is 8.00. The molecule has 0 rings (SSSR count). The van der Waals surface area contributed by atoms with Crippen LogP contribution in [0.15, 0.2) is 0 Å². The van der Waals surface area contributed by atoms with Crippen LogP contribution in [0.5, 0.6) is 0 Å². The first kappa shape index (κ1) is 27.3. The Kier molecular flexibility index (Phi) is 194. The van der Waals surface area contributed by atoms with E-state index in [0.717, 1.165) is 0 Å². The van der Waals surface area contributed by atoms with E-state index in [1.54, 1.807) is 0 Å². The summed E-state index contributed by atoms with van der Waals surface area (Å²) >= 11 is 2.00. The molecule has 0 atom stereocenters. The van der Waals surface area contributed by atoms with Gasteiger partial charge in [0.25, 0.3) is 0 Å². The maximum absolute atomic E-state index is 8.00. The summed E-state index contributed by atoms with van der Waals surface area (Å²) in [5.41, 5.74) is 0. The second-order valence-electron chi connectivity index (χ2n) is 0. The zero-order chi connectivity index (χ0) is 2.00. The Bertz CT molecular complexity index is 11.6. The van der Waals surface area contributed by atoms with Gasteiger partial charge in [-0.05, 0) is 0 Å². The van der Waals surface area contributed by atoms with Crippen molar-refractivity contribution in [1.82, 2.24) is 0 Å². The van der Waals surface area contributed by atoms with Gasteiger partial charge in [-0.2, -0.15) is 0 Å². The van der Waals surface area contributed by atoms with E-state index in [1.807, 2.05) is 15.9 Å². The van der Waals surface area contributed by atoms with E-state index in [2.05, 4.69) is 0 Å². The van der Waals surface area contributed by atoms with E-state index in [0.29, 0.717) is 0 Å². The quantitative estimate of drug-likeness (QED) is 0.389. The van der Waals surface area contributed by atoms with Gasteiger partial charge < -0.3 is 0 Å². The van der Waals surface area contributed by atoms with Gasteiger partial charge in [-0.3, -0.25) is 0 Å². The fraction of sp³-hybridized carbons (Fsp3) is 0.